The monoisotopic (exact) mass is 349 g/mol. The second-order valence-electron chi connectivity index (χ2n) is 6.91. The van der Waals surface area contributed by atoms with Gasteiger partial charge in [0.2, 0.25) is 11.8 Å². The van der Waals surface area contributed by atoms with Crippen LogP contribution in [-0.2, 0) is 9.59 Å². The van der Waals surface area contributed by atoms with Crippen LogP contribution in [0.15, 0.2) is 0 Å². The summed E-state index contributed by atoms with van der Waals surface area (Å²) in [5.41, 5.74) is 0. The molecule has 2 aliphatic rings. The van der Waals surface area contributed by atoms with Gasteiger partial charge < -0.3 is 15.1 Å². The molecule has 3 unspecified atom stereocenters. The maximum Gasteiger partial charge on any atom is 0.408 e. The summed E-state index contributed by atoms with van der Waals surface area (Å²) >= 11 is 0. The van der Waals surface area contributed by atoms with E-state index in [0.29, 0.717) is 12.6 Å². The fourth-order valence-corrected chi connectivity index (χ4v) is 3.52. The maximum atomic E-state index is 12.6. The van der Waals surface area contributed by atoms with Gasteiger partial charge in [-0.1, -0.05) is 6.42 Å². The largest absolute Gasteiger partial charge is 0.408 e. The van der Waals surface area contributed by atoms with Crippen LogP contribution in [0.5, 0.6) is 0 Å². The van der Waals surface area contributed by atoms with E-state index in [0.717, 1.165) is 19.4 Å². The molecule has 0 aromatic rings. The Hall–Kier alpha value is -1.31. The first-order valence-electron chi connectivity index (χ1n) is 8.52. The van der Waals surface area contributed by atoms with E-state index in [1.807, 2.05) is 5.32 Å². The van der Waals surface area contributed by atoms with Crippen molar-refractivity contribution in [3.8, 4) is 0 Å². The number of alkyl halides is 3. The molecule has 0 aromatic carbocycles. The van der Waals surface area contributed by atoms with Crippen LogP contribution in [0.3, 0.4) is 0 Å². The van der Waals surface area contributed by atoms with Crippen LogP contribution in [0.25, 0.3) is 0 Å². The van der Waals surface area contributed by atoms with Gasteiger partial charge in [-0.25, -0.2) is 0 Å². The van der Waals surface area contributed by atoms with Gasteiger partial charge in [-0.3, -0.25) is 9.59 Å². The van der Waals surface area contributed by atoms with Crippen molar-refractivity contribution in [2.75, 3.05) is 27.2 Å². The highest BCUT2D eigenvalue weighted by atomic mass is 19.4. The van der Waals surface area contributed by atoms with Crippen molar-refractivity contribution in [2.24, 2.45) is 5.92 Å². The number of piperidine rings is 2. The zero-order valence-corrected chi connectivity index (χ0v) is 14.2. The smallest absolute Gasteiger partial charge is 0.345 e. The molecule has 138 valence electrons. The molecule has 24 heavy (non-hydrogen) atoms. The van der Waals surface area contributed by atoms with Crippen LogP contribution in [0.2, 0.25) is 0 Å². The molecule has 3 atom stereocenters. The minimum Gasteiger partial charge on any atom is -0.345 e. The summed E-state index contributed by atoms with van der Waals surface area (Å²) in [5.74, 6) is -2.19. The molecule has 0 aliphatic carbocycles. The van der Waals surface area contributed by atoms with Gasteiger partial charge in [-0.2, -0.15) is 13.2 Å². The van der Waals surface area contributed by atoms with E-state index in [9.17, 15) is 22.8 Å². The molecule has 0 spiro atoms. The van der Waals surface area contributed by atoms with Crippen LogP contribution in [0.1, 0.15) is 38.5 Å². The van der Waals surface area contributed by atoms with Gasteiger partial charge in [-0.15, -0.1) is 0 Å². The standard InChI is InChI=1S/C16H26F3N3O2/c1-21-9-4-3-5-11(21)8-10-22(2)15(24)12-6-7-13(16(17,18)19)20-14(12)23/h11-13H,3-10H2,1-2H3,(H,20,23). The summed E-state index contributed by atoms with van der Waals surface area (Å²) < 4.78 is 37.9. The van der Waals surface area contributed by atoms with E-state index in [2.05, 4.69) is 11.9 Å². The highest BCUT2D eigenvalue weighted by Crippen LogP contribution is 2.29. The minimum absolute atomic E-state index is 0.0531. The van der Waals surface area contributed by atoms with Crippen molar-refractivity contribution in [3.05, 3.63) is 0 Å². The molecular weight excluding hydrogens is 323 g/mol. The SMILES string of the molecule is CN(CCC1CCCCN1C)C(=O)C1CCC(C(F)(F)F)NC1=O. The molecule has 0 radical (unpaired) electrons. The maximum absolute atomic E-state index is 12.6. The number of halogens is 3. The molecular formula is C16H26F3N3O2. The molecule has 8 heteroatoms. The van der Waals surface area contributed by atoms with E-state index >= 15 is 0 Å². The molecule has 2 fully saturated rings. The topological polar surface area (TPSA) is 52.6 Å². The molecule has 5 nitrogen and oxygen atoms in total. The van der Waals surface area contributed by atoms with Crippen LogP contribution in [-0.4, -0.2) is 67.1 Å². The molecule has 0 bridgehead atoms. The zero-order chi connectivity index (χ0) is 17.9. The van der Waals surface area contributed by atoms with Gasteiger partial charge in [0.05, 0.1) is 0 Å². The quantitative estimate of drug-likeness (QED) is 0.787. The molecule has 2 heterocycles. The second kappa shape index (κ2) is 7.72. The molecule has 2 aliphatic heterocycles. The van der Waals surface area contributed by atoms with Crippen molar-refractivity contribution in [3.63, 3.8) is 0 Å². The predicted octanol–water partition coefficient (Wildman–Crippen LogP) is 1.78. The van der Waals surface area contributed by atoms with Crippen LogP contribution in [0.4, 0.5) is 13.2 Å². The lowest BCUT2D eigenvalue weighted by molar-refractivity contribution is -0.172. The van der Waals surface area contributed by atoms with Crippen molar-refractivity contribution in [1.29, 1.82) is 0 Å². The summed E-state index contributed by atoms with van der Waals surface area (Å²) in [6.45, 7) is 1.56. The lowest BCUT2D eigenvalue weighted by Gasteiger charge is -2.35. The third-order valence-corrected chi connectivity index (χ3v) is 5.17. The summed E-state index contributed by atoms with van der Waals surface area (Å²) in [7, 11) is 3.69. The number of hydrogen-bond donors (Lipinski definition) is 1. The highest BCUT2D eigenvalue weighted by molar-refractivity contribution is 6.00. The van der Waals surface area contributed by atoms with Gasteiger partial charge in [-0.05, 0) is 45.7 Å². The Morgan fingerprint density at radius 1 is 1.29 bits per heavy atom. The summed E-state index contributed by atoms with van der Waals surface area (Å²) in [6.07, 6.45) is -0.483. The van der Waals surface area contributed by atoms with Crippen molar-refractivity contribution < 1.29 is 22.8 Å². The number of likely N-dealkylation sites (tertiary alicyclic amines) is 1. The van der Waals surface area contributed by atoms with E-state index in [1.54, 1.807) is 7.05 Å². The van der Waals surface area contributed by atoms with Gasteiger partial charge in [0.25, 0.3) is 0 Å². The zero-order valence-electron chi connectivity index (χ0n) is 14.2. The van der Waals surface area contributed by atoms with E-state index in [1.165, 1.54) is 17.7 Å². The van der Waals surface area contributed by atoms with Crippen molar-refractivity contribution in [2.45, 2.75) is 56.8 Å². The van der Waals surface area contributed by atoms with Crippen molar-refractivity contribution >= 4 is 11.8 Å². The Labute approximate surface area is 140 Å². The number of hydrogen-bond acceptors (Lipinski definition) is 3. The fourth-order valence-electron chi connectivity index (χ4n) is 3.52. The predicted molar refractivity (Wildman–Crippen MR) is 83.2 cm³/mol. The van der Waals surface area contributed by atoms with Crippen LogP contribution in [0, 0.1) is 5.92 Å². The first-order valence-corrected chi connectivity index (χ1v) is 8.52. The number of nitrogens with zero attached hydrogens (tertiary/aromatic N) is 2. The molecule has 2 saturated heterocycles. The average molecular weight is 349 g/mol. The second-order valence-corrected chi connectivity index (χ2v) is 6.91. The molecule has 0 saturated carbocycles. The highest BCUT2D eigenvalue weighted by Gasteiger charge is 2.46. The Kier molecular flexibility index (Phi) is 6.11. The third-order valence-electron chi connectivity index (χ3n) is 5.17. The summed E-state index contributed by atoms with van der Waals surface area (Å²) in [5, 5.41) is 1.94. The molecule has 0 aromatic heterocycles. The van der Waals surface area contributed by atoms with E-state index in [-0.39, 0.29) is 18.7 Å². The number of rotatable bonds is 4. The Morgan fingerprint density at radius 3 is 2.58 bits per heavy atom. The number of amides is 2. The Balaban J connectivity index is 1.83. The minimum atomic E-state index is -4.46. The molecule has 2 rings (SSSR count). The Bertz CT molecular complexity index is 470. The van der Waals surface area contributed by atoms with Gasteiger partial charge in [0.15, 0.2) is 0 Å². The normalized spacial score (nSPS) is 29.2. The Morgan fingerprint density at radius 2 is 2.00 bits per heavy atom. The van der Waals surface area contributed by atoms with Gasteiger partial charge in [0.1, 0.15) is 12.0 Å². The van der Waals surface area contributed by atoms with E-state index in [4.69, 9.17) is 0 Å². The average Bonchev–Trinajstić information content (AvgIpc) is 2.52. The van der Waals surface area contributed by atoms with E-state index < -0.39 is 24.0 Å². The first kappa shape index (κ1) is 19.0. The molecule has 2 amide bonds. The van der Waals surface area contributed by atoms with Gasteiger partial charge >= 0.3 is 6.18 Å². The summed E-state index contributed by atoms with van der Waals surface area (Å²) in [4.78, 5) is 28.0. The number of carbonyl (C=O) groups excluding carboxylic acids is 2. The third kappa shape index (κ3) is 4.62. The number of carbonyl (C=O) groups is 2. The fraction of sp³-hybridized carbons (Fsp3) is 0.875. The lowest BCUT2D eigenvalue weighted by Crippen LogP contribution is -2.54. The summed E-state index contributed by atoms with van der Waals surface area (Å²) in [6, 6.07) is -1.42. The van der Waals surface area contributed by atoms with Crippen molar-refractivity contribution in [1.82, 2.24) is 15.1 Å². The number of nitrogens with one attached hydrogen (secondary N) is 1. The van der Waals surface area contributed by atoms with Crippen LogP contribution < -0.4 is 5.32 Å². The van der Waals surface area contributed by atoms with Crippen LogP contribution >= 0.6 is 0 Å². The van der Waals surface area contributed by atoms with Gasteiger partial charge in [0, 0.05) is 19.6 Å². The first-order chi connectivity index (χ1) is 11.2. The molecule has 1 N–H and O–H groups in total. The lowest BCUT2D eigenvalue weighted by atomic mass is 9.92.